The minimum Gasteiger partial charge on any atom is -0.352 e. The molecule has 3 rings (SSSR count). The second kappa shape index (κ2) is 8.02. The van der Waals surface area contributed by atoms with Crippen LogP contribution in [0.1, 0.15) is 51.5 Å². The number of aryl methyl sites for hydroxylation is 1. The molecule has 0 bridgehead atoms. The van der Waals surface area contributed by atoms with Crippen LogP contribution in [0.4, 0.5) is 0 Å². The molecule has 1 aliphatic carbocycles. The Hall–Kier alpha value is -2.17. The van der Waals surface area contributed by atoms with E-state index in [-0.39, 0.29) is 35.6 Å². The lowest BCUT2D eigenvalue weighted by atomic mass is 9.81. The van der Waals surface area contributed by atoms with Crippen LogP contribution < -0.4 is 5.32 Å². The number of amides is 3. The molecular weight excluding hydrogens is 328 g/mol. The Labute approximate surface area is 155 Å². The number of likely N-dealkylation sites (tertiary alicyclic amines) is 1. The lowest BCUT2D eigenvalue weighted by molar-refractivity contribution is -0.147. The molecule has 1 saturated heterocycles. The van der Waals surface area contributed by atoms with Crippen LogP contribution in [0.5, 0.6) is 0 Å². The van der Waals surface area contributed by atoms with E-state index in [1.165, 1.54) is 10.5 Å². The largest absolute Gasteiger partial charge is 0.352 e. The van der Waals surface area contributed by atoms with Gasteiger partial charge in [-0.1, -0.05) is 43.2 Å². The van der Waals surface area contributed by atoms with Crippen LogP contribution in [0.15, 0.2) is 30.3 Å². The third-order valence-corrected chi connectivity index (χ3v) is 5.74. The van der Waals surface area contributed by atoms with E-state index in [1.54, 1.807) is 6.92 Å². The first kappa shape index (κ1) is 18.6. The normalized spacial score (nSPS) is 24.9. The van der Waals surface area contributed by atoms with Crippen LogP contribution >= 0.6 is 0 Å². The Morgan fingerprint density at radius 2 is 1.65 bits per heavy atom. The van der Waals surface area contributed by atoms with Gasteiger partial charge in [-0.05, 0) is 45.1 Å². The van der Waals surface area contributed by atoms with Gasteiger partial charge < -0.3 is 5.32 Å². The van der Waals surface area contributed by atoms with Crippen LogP contribution in [0.25, 0.3) is 0 Å². The lowest BCUT2D eigenvalue weighted by Crippen LogP contribution is -2.50. The summed E-state index contributed by atoms with van der Waals surface area (Å²) in [7, 11) is 0. The van der Waals surface area contributed by atoms with Gasteiger partial charge in [0.25, 0.3) is 0 Å². The van der Waals surface area contributed by atoms with Crippen molar-refractivity contribution >= 4 is 17.7 Å². The average molecular weight is 356 g/mol. The zero-order chi connectivity index (χ0) is 18.7. The predicted molar refractivity (Wildman–Crippen MR) is 99.1 cm³/mol. The minimum atomic E-state index is -0.736. The summed E-state index contributed by atoms with van der Waals surface area (Å²) >= 11 is 0. The van der Waals surface area contributed by atoms with Crippen molar-refractivity contribution in [2.45, 2.75) is 64.5 Å². The summed E-state index contributed by atoms with van der Waals surface area (Å²) in [6.07, 6.45) is 5.22. The molecule has 1 heterocycles. The van der Waals surface area contributed by atoms with E-state index in [1.807, 2.05) is 25.1 Å². The monoisotopic (exact) mass is 356 g/mol. The molecule has 1 N–H and O–H groups in total. The predicted octanol–water partition coefficient (Wildman–Crippen LogP) is 2.69. The fourth-order valence-electron chi connectivity index (χ4n) is 4.15. The number of benzene rings is 1. The average Bonchev–Trinajstić information content (AvgIpc) is 2.91. The summed E-state index contributed by atoms with van der Waals surface area (Å²) in [5.41, 5.74) is 1.23. The quantitative estimate of drug-likeness (QED) is 0.797. The molecule has 3 amide bonds. The van der Waals surface area contributed by atoms with Crippen molar-refractivity contribution in [3.8, 4) is 0 Å². The SMILES string of the molecule is CC(CCc1ccccc1)NC(=O)C(C)N1C(=O)C2CCCCC2C1=O. The molecule has 1 aromatic carbocycles. The molecule has 4 unspecified atom stereocenters. The number of hydrogen-bond donors (Lipinski definition) is 1. The van der Waals surface area contributed by atoms with E-state index in [2.05, 4.69) is 17.4 Å². The molecule has 1 aliphatic heterocycles. The fourth-order valence-corrected chi connectivity index (χ4v) is 4.15. The molecule has 4 atom stereocenters. The molecule has 2 fully saturated rings. The van der Waals surface area contributed by atoms with Gasteiger partial charge >= 0.3 is 0 Å². The van der Waals surface area contributed by atoms with E-state index in [4.69, 9.17) is 0 Å². The van der Waals surface area contributed by atoms with Crippen LogP contribution in [-0.2, 0) is 20.8 Å². The number of nitrogens with one attached hydrogen (secondary N) is 1. The van der Waals surface area contributed by atoms with Crippen molar-refractivity contribution in [2.24, 2.45) is 11.8 Å². The summed E-state index contributed by atoms with van der Waals surface area (Å²) < 4.78 is 0. The maximum absolute atomic E-state index is 12.6. The minimum absolute atomic E-state index is 0.0137. The van der Waals surface area contributed by atoms with Crippen molar-refractivity contribution in [1.29, 1.82) is 0 Å². The third-order valence-electron chi connectivity index (χ3n) is 5.74. The van der Waals surface area contributed by atoms with Gasteiger partial charge in [-0.15, -0.1) is 0 Å². The van der Waals surface area contributed by atoms with E-state index in [9.17, 15) is 14.4 Å². The fraction of sp³-hybridized carbons (Fsp3) is 0.571. The van der Waals surface area contributed by atoms with Crippen LogP contribution in [0.3, 0.4) is 0 Å². The number of hydrogen-bond acceptors (Lipinski definition) is 3. The van der Waals surface area contributed by atoms with E-state index in [0.717, 1.165) is 38.5 Å². The van der Waals surface area contributed by atoms with Crippen LogP contribution in [0.2, 0.25) is 0 Å². The van der Waals surface area contributed by atoms with Crippen LogP contribution in [-0.4, -0.2) is 34.7 Å². The number of carbonyl (C=O) groups is 3. The van der Waals surface area contributed by atoms with Crippen molar-refractivity contribution in [2.75, 3.05) is 0 Å². The second-order valence-corrected chi connectivity index (χ2v) is 7.65. The summed E-state index contributed by atoms with van der Waals surface area (Å²) in [6, 6.07) is 9.38. The van der Waals surface area contributed by atoms with Gasteiger partial charge in [0.1, 0.15) is 6.04 Å². The topological polar surface area (TPSA) is 66.5 Å². The maximum Gasteiger partial charge on any atom is 0.243 e. The highest BCUT2D eigenvalue weighted by atomic mass is 16.2. The molecule has 140 valence electrons. The zero-order valence-electron chi connectivity index (χ0n) is 15.6. The third kappa shape index (κ3) is 3.81. The number of rotatable bonds is 6. The van der Waals surface area contributed by atoms with E-state index >= 15 is 0 Å². The summed E-state index contributed by atoms with van der Waals surface area (Å²) in [5, 5.41) is 2.96. The van der Waals surface area contributed by atoms with Crippen LogP contribution in [0, 0.1) is 11.8 Å². The van der Waals surface area contributed by atoms with Gasteiger partial charge in [0, 0.05) is 6.04 Å². The van der Waals surface area contributed by atoms with Gasteiger partial charge in [0.15, 0.2) is 0 Å². The molecular formula is C21H28N2O3. The number of carbonyl (C=O) groups excluding carboxylic acids is 3. The van der Waals surface area contributed by atoms with Gasteiger partial charge in [0.2, 0.25) is 17.7 Å². The molecule has 1 aromatic rings. The van der Waals surface area contributed by atoms with Crippen molar-refractivity contribution in [3.05, 3.63) is 35.9 Å². The van der Waals surface area contributed by atoms with Gasteiger partial charge in [-0.25, -0.2) is 0 Å². The van der Waals surface area contributed by atoms with Crippen molar-refractivity contribution in [3.63, 3.8) is 0 Å². The lowest BCUT2D eigenvalue weighted by Gasteiger charge is -2.24. The summed E-state index contributed by atoms with van der Waals surface area (Å²) in [6.45, 7) is 3.62. The molecule has 0 aromatic heterocycles. The van der Waals surface area contributed by atoms with Gasteiger partial charge in [-0.3, -0.25) is 19.3 Å². The second-order valence-electron chi connectivity index (χ2n) is 7.65. The molecule has 5 nitrogen and oxygen atoms in total. The highest BCUT2D eigenvalue weighted by Crippen LogP contribution is 2.38. The standard InChI is InChI=1S/C21H28N2O3/c1-14(12-13-16-8-4-3-5-9-16)22-19(24)15(2)23-20(25)17-10-6-7-11-18(17)21(23)26/h3-5,8-9,14-15,17-18H,6-7,10-13H2,1-2H3,(H,22,24). The Balaban J connectivity index is 1.55. The molecule has 2 aliphatic rings. The van der Waals surface area contributed by atoms with Crippen molar-refractivity contribution in [1.82, 2.24) is 10.2 Å². The van der Waals surface area contributed by atoms with E-state index in [0.29, 0.717) is 0 Å². The first-order valence-corrected chi connectivity index (χ1v) is 9.70. The van der Waals surface area contributed by atoms with Gasteiger partial charge in [-0.2, -0.15) is 0 Å². The Morgan fingerprint density at radius 3 is 2.23 bits per heavy atom. The first-order valence-electron chi connectivity index (χ1n) is 9.70. The van der Waals surface area contributed by atoms with E-state index < -0.39 is 6.04 Å². The number of imide groups is 1. The van der Waals surface area contributed by atoms with Gasteiger partial charge in [0.05, 0.1) is 11.8 Å². The summed E-state index contributed by atoms with van der Waals surface area (Å²) in [4.78, 5) is 39.0. The highest BCUT2D eigenvalue weighted by molar-refractivity contribution is 6.08. The molecule has 0 radical (unpaired) electrons. The smallest absolute Gasteiger partial charge is 0.243 e. The Morgan fingerprint density at radius 1 is 1.08 bits per heavy atom. The summed E-state index contributed by atoms with van der Waals surface area (Å²) in [5.74, 6) is -0.964. The molecule has 26 heavy (non-hydrogen) atoms. The number of nitrogens with zero attached hydrogens (tertiary/aromatic N) is 1. The first-order chi connectivity index (χ1) is 12.5. The Kier molecular flexibility index (Phi) is 5.74. The highest BCUT2D eigenvalue weighted by Gasteiger charge is 2.50. The molecule has 1 saturated carbocycles. The Bertz CT molecular complexity index is 649. The molecule has 5 heteroatoms. The zero-order valence-corrected chi connectivity index (χ0v) is 15.6. The number of fused-ring (bicyclic) bond motifs is 1. The molecule has 0 spiro atoms. The van der Waals surface area contributed by atoms with Crippen molar-refractivity contribution < 1.29 is 14.4 Å². The maximum atomic E-state index is 12.6.